The molecule has 0 unspecified atom stereocenters. The van der Waals surface area contributed by atoms with Gasteiger partial charge in [-0.15, -0.1) is 0 Å². The Labute approximate surface area is 198 Å². The molecule has 1 saturated carbocycles. The summed E-state index contributed by atoms with van der Waals surface area (Å²) in [7, 11) is 1.58. The number of rotatable bonds is 9. The number of methoxy groups -OCH3 is 1. The second-order valence-corrected chi connectivity index (χ2v) is 8.67. The molecule has 1 aromatic heterocycles. The lowest BCUT2D eigenvalue weighted by atomic mass is 10.2. The van der Waals surface area contributed by atoms with Crippen molar-refractivity contribution in [3.05, 3.63) is 65.3 Å². The number of nitrogens with zero attached hydrogens (tertiary/aromatic N) is 3. The maximum Gasteiger partial charge on any atom is 0.246 e. The standard InChI is InChI=1S/C25H27ClN4O3/c1-17-3-11-21(12-4-17)30-15-22(18-7-9-20(26)10-8-18)27-25(30)28-23(31)16-29(13-14-33-2)24(32)19-5-6-19/h3-4,7-12,15,19H,5-6,13-14,16H2,1-2H3,(H,27,28,31). The Morgan fingerprint density at radius 2 is 1.85 bits per heavy atom. The van der Waals surface area contributed by atoms with Gasteiger partial charge in [0, 0.05) is 42.0 Å². The Morgan fingerprint density at radius 3 is 2.48 bits per heavy atom. The van der Waals surface area contributed by atoms with Gasteiger partial charge >= 0.3 is 0 Å². The Bertz CT molecular complexity index is 1120. The minimum absolute atomic E-state index is 0.00549. The Kier molecular flexibility index (Phi) is 7.11. The number of benzene rings is 2. The van der Waals surface area contributed by atoms with Crippen LogP contribution in [-0.4, -0.2) is 53.1 Å². The zero-order valence-corrected chi connectivity index (χ0v) is 19.5. The number of amides is 2. The van der Waals surface area contributed by atoms with Crippen molar-refractivity contribution in [1.82, 2.24) is 14.5 Å². The Morgan fingerprint density at radius 1 is 1.15 bits per heavy atom. The third-order valence-electron chi connectivity index (χ3n) is 5.55. The highest BCUT2D eigenvalue weighted by molar-refractivity contribution is 6.30. The molecule has 0 aliphatic heterocycles. The van der Waals surface area contributed by atoms with Crippen molar-refractivity contribution in [2.24, 2.45) is 5.92 Å². The van der Waals surface area contributed by atoms with Crippen LogP contribution in [0.1, 0.15) is 18.4 Å². The quantitative estimate of drug-likeness (QED) is 0.509. The molecule has 8 heteroatoms. The molecule has 1 fully saturated rings. The molecule has 0 bridgehead atoms. The molecule has 0 spiro atoms. The molecule has 33 heavy (non-hydrogen) atoms. The SMILES string of the molecule is COCCN(CC(=O)Nc1nc(-c2ccc(Cl)cc2)cn1-c1ccc(C)cc1)C(=O)C1CC1. The van der Waals surface area contributed by atoms with Crippen LogP contribution in [-0.2, 0) is 14.3 Å². The zero-order valence-electron chi connectivity index (χ0n) is 18.8. The van der Waals surface area contributed by atoms with Crippen LogP contribution in [0, 0.1) is 12.8 Å². The molecular weight excluding hydrogens is 440 g/mol. The molecule has 3 aromatic rings. The highest BCUT2D eigenvalue weighted by Crippen LogP contribution is 2.31. The van der Waals surface area contributed by atoms with E-state index >= 15 is 0 Å². The first-order valence-corrected chi connectivity index (χ1v) is 11.3. The number of halogens is 1. The van der Waals surface area contributed by atoms with E-state index in [1.165, 1.54) is 0 Å². The van der Waals surface area contributed by atoms with E-state index in [0.717, 1.165) is 29.7 Å². The smallest absolute Gasteiger partial charge is 0.246 e. The summed E-state index contributed by atoms with van der Waals surface area (Å²) in [6.07, 6.45) is 3.64. The molecule has 4 rings (SSSR count). The summed E-state index contributed by atoms with van der Waals surface area (Å²) in [5, 5.41) is 3.54. The molecule has 1 N–H and O–H groups in total. The number of nitrogens with one attached hydrogen (secondary N) is 1. The topological polar surface area (TPSA) is 76.5 Å². The van der Waals surface area contributed by atoms with Crippen molar-refractivity contribution in [2.45, 2.75) is 19.8 Å². The Hall–Kier alpha value is -3.16. The van der Waals surface area contributed by atoms with Gasteiger partial charge in [0.1, 0.15) is 6.54 Å². The fourth-order valence-electron chi connectivity index (χ4n) is 3.53. The number of aromatic nitrogens is 2. The summed E-state index contributed by atoms with van der Waals surface area (Å²) in [4.78, 5) is 31.8. The monoisotopic (exact) mass is 466 g/mol. The van der Waals surface area contributed by atoms with Crippen molar-refractivity contribution in [2.75, 3.05) is 32.1 Å². The van der Waals surface area contributed by atoms with Gasteiger partial charge in [-0.2, -0.15) is 0 Å². The predicted molar refractivity (Wildman–Crippen MR) is 129 cm³/mol. The number of carbonyl (C=O) groups is 2. The first-order valence-electron chi connectivity index (χ1n) is 10.9. The number of imidazole rings is 1. The lowest BCUT2D eigenvalue weighted by Crippen LogP contribution is -2.41. The largest absolute Gasteiger partial charge is 0.383 e. The first kappa shape index (κ1) is 23.0. The van der Waals surface area contributed by atoms with Crippen LogP contribution in [0.25, 0.3) is 16.9 Å². The summed E-state index contributed by atoms with van der Waals surface area (Å²) in [5.74, 6) is 0.118. The second-order valence-electron chi connectivity index (χ2n) is 8.24. The third kappa shape index (κ3) is 5.80. The summed E-state index contributed by atoms with van der Waals surface area (Å²) in [6.45, 7) is 2.73. The van der Waals surface area contributed by atoms with E-state index < -0.39 is 0 Å². The van der Waals surface area contributed by atoms with Crippen LogP contribution in [0.15, 0.2) is 54.7 Å². The van der Waals surface area contributed by atoms with E-state index in [0.29, 0.717) is 29.8 Å². The van der Waals surface area contributed by atoms with Crippen molar-refractivity contribution >= 4 is 29.4 Å². The van der Waals surface area contributed by atoms with E-state index in [4.69, 9.17) is 16.3 Å². The van der Waals surface area contributed by atoms with E-state index in [-0.39, 0.29) is 24.3 Å². The molecule has 0 atom stereocenters. The fourth-order valence-corrected chi connectivity index (χ4v) is 3.65. The summed E-state index contributed by atoms with van der Waals surface area (Å²) in [6, 6.07) is 15.3. The van der Waals surface area contributed by atoms with Crippen molar-refractivity contribution in [1.29, 1.82) is 0 Å². The van der Waals surface area contributed by atoms with E-state index in [1.54, 1.807) is 24.1 Å². The van der Waals surface area contributed by atoms with Crippen LogP contribution < -0.4 is 5.32 Å². The van der Waals surface area contributed by atoms with Gasteiger partial charge in [0.15, 0.2) is 0 Å². The summed E-state index contributed by atoms with van der Waals surface area (Å²) < 4.78 is 6.96. The molecule has 2 amide bonds. The molecule has 0 saturated heterocycles. The predicted octanol–water partition coefficient (Wildman–Crippen LogP) is 4.32. The van der Waals surface area contributed by atoms with Gasteiger partial charge in [0.05, 0.1) is 12.3 Å². The molecule has 2 aromatic carbocycles. The van der Waals surface area contributed by atoms with Crippen LogP contribution >= 0.6 is 11.6 Å². The maximum absolute atomic E-state index is 12.9. The molecule has 0 radical (unpaired) electrons. The molecule has 172 valence electrons. The van der Waals surface area contributed by atoms with Gasteiger partial charge in [-0.1, -0.05) is 41.4 Å². The maximum atomic E-state index is 12.9. The van der Waals surface area contributed by atoms with Crippen LogP contribution in [0.4, 0.5) is 5.95 Å². The average Bonchev–Trinajstić information content (AvgIpc) is 3.58. The van der Waals surface area contributed by atoms with Gasteiger partial charge in [0.25, 0.3) is 0 Å². The van der Waals surface area contributed by atoms with Gasteiger partial charge < -0.3 is 9.64 Å². The van der Waals surface area contributed by atoms with E-state index in [1.807, 2.05) is 54.1 Å². The molecular formula is C25H27ClN4O3. The molecule has 1 aliphatic carbocycles. The lowest BCUT2D eigenvalue weighted by molar-refractivity contribution is -0.136. The van der Waals surface area contributed by atoms with Gasteiger partial charge in [-0.25, -0.2) is 4.98 Å². The second kappa shape index (κ2) is 10.2. The van der Waals surface area contributed by atoms with Gasteiger partial charge in [0.2, 0.25) is 17.8 Å². The number of ether oxygens (including phenoxy) is 1. The normalized spacial score (nSPS) is 13.1. The number of hydrogen-bond acceptors (Lipinski definition) is 4. The average molecular weight is 467 g/mol. The minimum Gasteiger partial charge on any atom is -0.383 e. The van der Waals surface area contributed by atoms with Crippen molar-refractivity contribution < 1.29 is 14.3 Å². The van der Waals surface area contributed by atoms with Crippen molar-refractivity contribution in [3.8, 4) is 16.9 Å². The number of anilines is 1. The molecule has 1 heterocycles. The van der Waals surface area contributed by atoms with Gasteiger partial charge in [-0.3, -0.25) is 19.5 Å². The third-order valence-corrected chi connectivity index (χ3v) is 5.80. The highest BCUT2D eigenvalue weighted by Gasteiger charge is 2.34. The lowest BCUT2D eigenvalue weighted by Gasteiger charge is -2.21. The first-order chi connectivity index (χ1) is 15.9. The summed E-state index contributed by atoms with van der Waals surface area (Å²) in [5.41, 5.74) is 3.59. The van der Waals surface area contributed by atoms with E-state index in [9.17, 15) is 9.59 Å². The van der Waals surface area contributed by atoms with Crippen molar-refractivity contribution in [3.63, 3.8) is 0 Å². The fraction of sp³-hybridized carbons (Fsp3) is 0.320. The number of aryl methyl sites for hydroxylation is 1. The molecule has 1 aliphatic rings. The van der Waals surface area contributed by atoms with Crippen LogP contribution in [0.2, 0.25) is 5.02 Å². The van der Waals surface area contributed by atoms with Crippen LogP contribution in [0.3, 0.4) is 0 Å². The number of hydrogen-bond donors (Lipinski definition) is 1. The minimum atomic E-state index is -0.304. The molecule has 7 nitrogen and oxygen atoms in total. The Balaban J connectivity index is 1.59. The highest BCUT2D eigenvalue weighted by atomic mass is 35.5. The van der Waals surface area contributed by atoms with Crippen LogP contribution in [0.5, 0.6) is 0 Å². The van der Waals surface area contributed by atoms with Gasteiger partial charge in [-0.05, 0) is 44.0 Å². The zero-order chi connectivity index (χ0) is 23.4. The number of carbonyl (C=O) groups excluding carboxylic acids is 2. The summed E-state index contributed by atoms with van der Waals surface area (Å²) >= 11 is 6.03. The van der Waals surface area contributed by atoms with E-state index in [2.05, 4.69) is 10.3 Å².